The maximum Gasteiger partial charge on any atom is 0.261 e. The predicted molar refractivity (Wildman–Crippen MR) is 44.9 cm³/mol. The van der Waals surface area contributed by atoms with Crippen molar-refractivity contribution in [2.45, 2.75) is 5.88 Å². The van der Waals surface area contributed by atoms with Crippen molar-refractivity contribution in [3.8, 4) is 11.5 Å². The fourth-order valence-corrected chi connectivity index (χ4v) is 0.944. The van der Waals surface area contributed by atoms with Crippen molar-refractivity contribution in [1.29, 1.82) is 0 Å². The van der Waals surface area contributed by atoms with Gasteiger partial charge in [-0.2, -0.15) is 4.98 Å². The molecule has 2 heterocycles. The third-order valence-corrected chi connectivity index (χ3v) is 1.63. The highest BCUT2D eigenvalue weighted by Gasteiger charge is 2.07. The molecule has 0 aromatic carbocycles. The average molecular weight is 197 g/mol. The van der Waals surface area contributed by atoms with Crippen LogP contribution in [0, 0.1) is 0 Å². The van der Waals surface area contributed by atoms with Crippen LogP contribution in [0.1, 0.15) is 5.82 Å². The summed E-state index contributed by atoms with van der Waals surface area (Å²) >= 11 is 5.51. The second-order valence-corrected chi connectivity index (χ2v) is 2.54. The van der Waals surface area contributed by atoms with Crippen LogP contribution in [0.15, 0.2) is 23.2 Å². The Labute approximate surface area is 78.8 Å². The van der Waals surface area contributed by atoms with Crippen molar-refractivity contribution >= 4 is 11.6 Å². The normalized spacial score (nSPS) is 10.2. The average Bonchev–Trinajstić information content (AvgIpc) is 2.67. The summed E-state index contributed by atoms with van der Waals surface area (Å²) in [5.74, 6) is 1.08. The van der Waals surface area contributed by atoms with E-state index in [2.05, 4.69) is 20.1 Å². The quantitative estimate of drug-likeness (QED) is 0.677. The van der Waals surface area contributed by atoms with E-state index in [0.717, 1.165) is 0 Å². The number of hydrogen-bond donors (Lipinski definition) is 0. The van der Waals surface area contributed by atoms with Crippen molar-refractivity contribution in [3.05, 3.63) is 24.5 Å². The zero-order valence-electron chi connectivity index (χ0n) is 6.51. The molecule has 0 aliphatic heterocycles. The Morgan fingerprint density at radius 1 is 1.31 bits per heavy atom. The van der Waals surface area contributed by atoms with Gasteiger partial charge in [-0.3, -0.25) is 0 Å². The predicted octanol–water partition coefficient (Wildman–Crippen LogP) is 1.27. The summed E-state index contributed by atoms with van der Waals surface area (Å²) in [6.07, 6.45) is 4.62. The van der Waals surface area contributed by atoms with Gasteiger partial charge in [0.2, 0.25) is 0 Å². The maximum absolute atomic E-state index is 5.51. The lowest BCUT2D eigenvalue weighted by atomic mass is 10.3. The second-order valence-electron chi connectivity index (χ2n) is 2.28. The number of nitrogens with zero attached hydrogens (tertiary/aromatic N) is 4. The molecule has 66 valence electrons. The largest absolute Gasteiger partial charge is 0.334 e. The molecule has 0 fully saturated rings. The SMILES string of the molecule is ClCc1noc(-c2cncnc2)n1. The molecule has 0 spiro atoms. The molecule has 0 saturated heterocycles. The molecule has 0 radical (unpaired) electrons. The minimum absolute atomic E-state index is 0.233. The molecule has 0 aliphatic rings. The molecule has 13 heavy (non-hydrogen) atoms. The fraction of sp³-hybridized carbons (Fsp3) is 0.143. The Hall–Kier alpha value is -1.49. The number of alkyl halides is 1. The molecule has 2 aromatic heterocycles. The molecule has 6 heteroatoms. The zero-order valence-corrected chi connectivity index (χ0v) is 7.27. The Morgan fingerprint density at radius 3 is 2.69 bits per heavy atom. The molecule has 2 rings (SSSR count). The van der Waals surface area contributed by atoms with Gasteiger partial charge in [-0.05, 0) is 0 Å². The van der Waals surface area contributed by atoms with Crippen LogP contribution in [0.5, 0.6) is 0 Å². The zero-order chi connectivity index (χ0) is 9.10. The molecule has 0 aliphatic carbocycles. The first-order valence-electron chi connectivity index (χ1n) is 3.54. The summed E-state index contributed by atoms with van der Waals surface area (Å²) in [6, 6.07) is 0. The van der Waals surface area contributed by atoms with Crippen molar-refractivity contribution < 1.29 is 4.52 Å². The van der Waals surface area contributed by atoms with E-state index < -0.39 is 0 Å². The van der Waals surface area contributed by atoms with Gasteiger partial charge in [-0.25, -0.2) is 9.97 Å². The van der Waals surface area contributed by atoms with Gasteiger partial charge in [-0.15, -0.1) is 11.6 Å². The highest BCUT2D eigenvalue weighted by molar-refractivity contribution is 6.16. The highest BCUT2D eigenvalue weighted by Crippen LogP contribution is 2.14. The van der Waals surface area contributed by atoms with E-state index in [1.54, 1.807) is 12.4 Å². The molecule has 0 amide bonds. The third kappa shape index (κ3) is 1.65. The van der Waals surface area contributed by atoms with Crippen LogP contribution in [-0.4, -0.2) is 20.1 Å². The van der Waals surface area contributed by atoms with Crippen LogP contribution in [0.3, 0.4) is 0 Å². The molecule has 0 N–H and O–H groups in total. The first kappa shape index (κ1) is 8.12. The second kappa shape index (κ2) is 3.49. The van der Waals surface area contributed by atoms with Gasteiger partial charge in [0.25, 0.3) is 5.89 Å². The molecular weight excluding hydrogens is 192 g/mol. The lowest BCUT2D eigenvalue weighted by molar-refractivity contribution is 0.424. The Bertz CT molecular complexity index is 388. The smallest absolute Gasteiger partial charge is 0.261 e. The van der Waals surface area contributed by atoms with E-state index in [1.807, 2.05) is 0 Å². The van der Waals surface area contributed by atoms with E-state index in [1.165, 1.54) is 6.33 Å². The standard InChI is InChI=1S/C7H5ClN4O/c8-1-6-11-7(13-12-6)5-2-9-4-10-3-5/h2-4H,1H2. The van der Waals surface area contributed by atoms with E-state index in [9.17, 15) is 0 Å². The van der Waals surface area contributed by atoms with Gasteiger partial charge in [0.1, 0.15) is 6.33 Å². The van der Waals surface area contributed by atoms with Crippen LogP contribution in [-0.2, 0) is 5.88 Å². The summed E-state index contributed by atoms with van der Waals surface area (Å²) in [4.78, 5) is 11.7. The van der Waals surface area contributed by atoms with Gasteiger partial charge >= 0.3 is 0 Å². The van der Waals surface area contributed by atoms with Crippen LogP contribution in [0.4, 0.5) is 0 Å². The molecular formula is C7H5ClN4O. The van der Waals surface area contributed by atoms with Gasteiger partial charge in [0, 0.05) is 12.4 Å². The van der Waals surface area contributed by atoms with Crippen LogP contribution >= 0.6 is 11.6 Å². The lowest BCUT2D eigenvalue weighted by Gasteiger charge is -1.88. The highest BCUT2D eigenvalue weighted by atomic mass is 35.5. The summed E-state index contributed by atoms with van der Waals surface area (Å²) in [5, 5.41) is 3.64. The van der Waals surface area contributed by atoms with Crippen LogP contribution in [0.25, 0.3) is 11.5 Å². The minimum atomic E-state index is 0.233. The van der Waals surface area contributed by atoms with E-state index >= 15 is 0 Å². The van der Waals surface area contributed by atoms with Crippen molar-refractivity contribution in [1.82, 2.24) is 20.1 Å². The van der Waals surface area contributed by atoms with E-state index in [0.29, 0.717) is 17.3 Å². The summed E-state index contributed by atoms with van der Waals surface area (Å²) in [6.45, 7) is 0. The van der Waals surface area contributed by atoms with E-state index in [-0.39, 0.29) is 5.88 Å². The Kier molecular flexibility index (Phi) is 2.18. The number of aromatic nitrogens is 4. The molecule has 0 saturated carbocycles. The lowest BCUT2D eigenvalue weighted by Crippen LogP contribution is -1.83. The number of halogens is 1. The molecule has 2 aromatic rings. The third-order valence-electron chi connectivity index (χ3n) is 1.40. The monoisotopic (exact) mass is 196 g/mol. The molecule has 5 nitrogen and oxygen atoms in total. The van der Waals surface area contributed by atoms with Crippen molar-refractivity contribution in [2.75, 3.05) is 0 Å². The minimum Gasteiger partial charge on any atom is -0.334 e. The topological polar surface area (TPSA) is 64.7 Å². The first-order valence-corrected chi connectivity index (χ1v) is 4.07. The van der Waals surface area contributed by atoms with E-state index in [4.69, 9.17) is 16.1 Å². The number of rotatable bonds is 2. The first-order chi connectivity index (χ1) is 6.40. The maximum atomic E-state index is 5.51. The van der Waals surface area contributed by atoms with Crippen molar-refractivity contribution in [3.63, 3.8) is 0 Å². The summed E-state index contributed by atoms with van der Waals surface area (Å²) < 4.78 is 4.92. The van der Waals surface area contributed by atoms with Gasteiger partial charge in [0.15, 0.2) is 5.82 Å². The molecule has 0 unspecified atom stereocenters. The van der Waals surface area contributed by atoms with Gasteiger partial charge in [-0.1, -0.05) is 5.16 Å². The van der Waals surface area contributed by atoms with Crippen LogP contribution in [0.2, 0.25) is 0 Å². The summed E-state index contributed by atoms with van der Waals surface area (Å²) in [7, 11) is 0. The molecule has 0 bridgehead atoms. The fourth-order valence-electron chi connectivity index (χ4n) is 0.835. The van der Waals surface area contributed by atoms with Gasteiger partial charge < -0.3 is 4.52 Å². The Morgan fingerprint density at radius 2 is 2.08 bits per heavy atom. The molecule has 0 atom stereocenters. The van der Waals surface area contributed by atoms with Crippen molar-refractivity contribution in [2.24, 2.45) is 0 Å². The summed E-state index contributed by atoms with van der Waals surface area (Å²) in [5.41, 5.74) is 0.686. The van der Waals surface area contributed by atoms with Crippen LogP contribution < -0.4 is 0 Å². The van der Waals surface area contributed by atoms with Gasteiger partial charge in [0.05, 0.1) is 11.4 Å². The number of hydrogen-bond acceptors (Lipinski definition) is 5. The Balaban J connectivity index is 2.36.